The molecule has 0 aromatic carbocycles. The van der Waals surface area contributed by atoms with E-state index in [4.69, 9.17) is 5.11 Å². The number of nitrogens with one attached hydrogen (secondary N) is 2. The van der Waals surface area contributed by atoms with Crippen molar-refractivity contribution in [3.05, 3.63) is 28.0 Å². The van der Waals surface area contributed by atoms with Gasteiger partial charge in [-0.15, -0.1) is 11.3 Å². The Morgan fingerprint density at radius 1 is 1.45 bits per heavy atom. The number of carbonyl (C=O) groups excluding carboxylic acids is 2. The highest BCUT2D eigenvalue weighted by Crippen LogP contribution is 2.18. The molecule has 0 aliphatic rings. The zero-order valence-electron chi connectivity index (χ0n) is 11.2. The first-order valence-corrected chi connectivity index (χ1v) is 6.90. The largest absolute Gasteiger partial charge is 0.478 e. The van der Waals surface area contributed by atoms with E-state index in [0.29, 0.717) is 17.0 Å². The summed E-state index contributed by atoms with van der Waals surface area (Å²) in [4.78, 5) is 34.4. The van der Waals surface area contributed by atoms with Crippen molar-refractivity contribution in [3.8, 4) is 0 Å². The van der Waals surface area contributed by atoms with Crippen LogP contribution in [0.2, 0.25) is 0 Å². The maximum Gasteiger partial charge on any atom is 0.328 e. The second-order valence-corrected chi connectivity index (χ2v) is 4.88. The molecule has 1 aromatic heterocycles. The lowest BCUT2D eigenvalue weighted by Gasteiger charge is -2.12. The topological polar surface area (TPSA) is 95.5 Å². The Morgan fingerprint density at radius 2 is 2.15 bits per heavy atom. The van der Waals surface area contributed by atoms with E-state index in [1.807, 2.05) is 0 Å². The molecule has 1 aromatic rings. The molecule has 0 aliphatic heterocycles. The van der Waals surface area contributed by atoms with Crippen molar-refractivity contribution in [2.75, 3.05) is 6.54 Å². The van der Waals surface area contributed by atoms with Crippen LogP contribution in [0.1, 0.15) is 29.1 Å². The van der Waals surface area contributed by atoms with Crippen LogP contribution < -0.4 is 10.6 Å². The molecule has 0 saturated carbocycles. The van der Waals surface area contributed by atoms with Crippen LogP contribution in [0.25, 0.3) is 6.08 Å². The number of amides is 2. The summed E-state index contributed by atoms with van der Waals surface area (Å²) < 4.78 is 0. The van der Waals surface area contributed by atoms with Gasteiger partial charge in [-0.25, -0.2) is 4.79 Å². The number of hydrogen-bond donors (Lipinski definition) is 3. The first kappa shape index (κ1) is 15.9. The summed E-state index contributed by atoms with van der Waals surface area (Å²) in [6.45, 7) is 3.87. The zero-order chi connectivity index (χ0) is 15.1. The summed E-state index contributed by atoms with van der Waals surface area (Å²) in [7, 11) is 0. The monoisotopic (exact) mass is 296 g/mol. The molecule has 1 unspecified atom stereocenters. The lowest BCUT2D eigenvalue weighted by molar-refractivity contribution is -0.131. The molecule has 1 heterocycles. The Morgan fingerprint density at radius 3 is 2.75 bits per heavy atom. The molecule has 2 amide bonds. The summed E-state index contributed by atoms with van der Waals surface area (Å²) in [6.07, 6.45) is 2.32. The van der Waals surface area contributed by atoms with Crippen LogP contribution in [-0.4, -0.2) is 35.5 Å². The van der Waals surface area contributed by atoms with Crippen LogP contribution in [0, 0.1) is 0 Å². The van der Waals surface area contributed by atoms with Gasteiger partial charge < -0.3 is 15.7 Å². The van der Waals surface area contributed by atoms with E-state index in [2.05, 4.69) is 10.6 Å². The van der Waals surface area contributed by atoms with Crippen molar-refractivity contribution in [3.63, 3.8) is 0 Å². The summed E-state index contributed by atoms with van der Waals surface area (Å²) in [5.74, 6) is -1.75. The number of carbonyl (C=O) groups is 3. The van der Waals surface area contributed by atoms with E-state index in [0.717, 1.165) is 6.08 Å². The molecule has 6 nitrogen and oxygen atoms in total. The van der Waals surface area contributed by atoms with Gasteiger partial charge in [-0.05, 0) is 36.9 Å². The highest BCUT2D eigenvalue weighted by Gasteiger charge is 2.18. The van der Waals surface area contributed by atoms with Gasteiger partial charge >= 0.3 is 5.97 Å². The predicted molar refractivity (Wildman–Crippen MR) is 76.6 cm³/mol. The van der Waals surface area contributed by atoms with Crippen LogP contribution in [-0.2, 0) is 9.59 Å². The molecule has 0 bridgehead atoms. The van der Waals surface area contributed by atoms with Crippen LogP contribution in [0.15, 0.2) is 17.5 Å². The molecular formula is C13H16N2O4S. The second kappa shape index (κ2) is 7.44. The van der Waals surface area contributed by atoms with Crippen LogP contribution in [0.5, 0.6) is 0 Å². The van der Waals surface area contributed by atoms with E-state index in [1.54, 1.807) is 25.3 Å². The Bertz CT molecular complexity index is 536. The highest BCUT2D eigenvalue weighted by molar-refractivity contribution is 7.12. The normalized spacial score (nSPS) is 12.1. The van der Waals surface area contributed by atoms with Crippen molar-refractivity contribution in [1.82, 2.24) is 10.6 Å². The first-order valence-electron chi connectivity index (χ1n) is 6.02. The summed E-state index contributed by atoms with van der Waals surface area (Å²) >= 11 is 1.19. The predicted octanol–water partition coefficient (Wildman–Crippen LogP) is 1.10. The molecule has 108 valence electrons. The smallest absolute Gasteiger partial charge is 0.328 e. The molecular weight excluding hydrogens is 280 g/mol. The third kappa shape index (κ3) is 4.51. The Balaban J connectivity index is 2.76. The Labute approximate surface area is 120 Å². The number of rotatable bonds is 6. The van der Waals surface area contributed by atoms with E-state index in [9.17, 15) is 14.4 Å². The lowest BCUT2D eigenvalue weighted by Crippen LogP contribution is -2.44. The Kier molecular flexibility index (Phi) is 5.92. The molecule has 7 heteroatoms. The van der Waals surface area contributed by atoms with E-state index in [-0.39, 0.29) is 5.91 Å². The van der Waals surface area contributed by atoms with E-state index >= 15 is 0 Å². The molecule has 0 fully saturated rings. The van der Waals surface area contributed by atoms with Crippen molar-refractivity contribution < 1.29 is 19.5 Å². The zero-order valence-corrected chi connectivity index (χ0v) is 12.0. The van der Waals surface area contributed by atoms with Crippen LogP contribution in [0.3, 0.4) is 0 Å². The first-order chi connectivity index (χ1) is 9.45. The number of aliphatic carboxylic acids is 1. The van der Waals surface area contributed by atoms with Crippen molar-refractivity contribution in [2.24, 2.45) is 0 Å². The summed E-state index contributed by atoms with van der Waals surface area (Å²) in [6, 6.07) is 0.997. The maximum absolute atomic E-state index is 12.0. The number of likely N-dealkylation sites (N-methyl/N-ethyl adjacent to an activating group) is 1. The van der Waals surface area contributed by atoms with Crippen LogP contribution >= 0.6 is 11.3 Å². The fraction of sp³-hybridized carbons (Fsp3) is 0.308. The van der Waals surface area contributed by atoms with Gasteiger partial charge in [0, 0.05) is 12.6 Å². The van der Waals surface area contributed by atoms with Crippen molar-refractivity contribution in [1.29, 1.82) is 0 Å². The third-order valence-corrected chi connectivity index (χ3v) is 3.33. The highest BCUT2D eigenvalue weighted by atomic mass is 32.1. The molecule has 20 heavy (non-hydrogen) atoms. The number of thiophene rings is 1. The van der Waals surface area contributed by atoms with Gasteiger partial charge in [-0.2, -0.15) is 0 Å². The minimum Gasteiger partial charge on any atom is -0.478 e. The van der Waals surface area contributed by atoms with Gasteiger partial charge in [-0.1, -0.05) is 0 Å². The molecule has 3 N–H and O–H groups in total. The lowest BCUT2D eigenvalue weighted by atomic mass is 10.2. The maximum atomic E-state index is 12.0. The second-order valence-electron chi connectivity index (χ2n) is 3.97. The van der Waals surface area contributed by atoms with Gasteiger partial charge in [0.15, 0.2) is 0 Å². The molecule has 0 spiro atoms. The number of carboxylic acids is 1. The van der Waals surface area contributed by atoms with Gasteiger partial charge in [0.2, 0.25) is 5.91 Å². The van der Waals surface area contributed by atoms with E-state index < -0.39 is 17.9 Å². The van der Waals surface area contributed by atoms with Crippen molar-refractivity contribution >= 4 is 35.2 Å². The van der Waals surface area contributed by atoms with Gasteiger partial charge in [0.1, 0.15) is 6.04 Å². The van der Waals surface area contributed by atoms with Crippen LogP contribution in [0.4, 0.5) is 0 Å². The standard InChI is InChI=1S/C13H16N2O4S/c1-3-14-12(18)8(2)15-13(19)11-9(6-7-20-11)4-5-10(16)17/h4-8H,3H2,1-2H3,(H,14,18)(H,15,19)(H,16,17). The quantitative estimate of drug-likeness (QED) is 0.685. The minimum absolute atomic E-state index is 0.264. The van der Waals surface area contributed by atoms with Crippen molar-refractivity contribution in [2.45, 2.75) is 19.9 Å². The van der Waals surface area contributed by atoms with Gasteiger partial charge in [0.05, 0.1) is 4.88 Å². The molecule has 0 radical (unpaired) electrons. The summed E-state index contributed by atoms with van der Waals surface area (Å²) in [5, 5.41) is 15.5. The molecule has 1 rings (SSSR count). The fourth-order valence-electron chi connectivity index (χ4n) is 1.45. The third-order valence-electron chi connectivity index (χ3n) is 2.40. The van der Waals surface area contributed by atoms with Gasteiger partial charge in [-0.3, -0.25) is 9.59 Å². The fourth-order valence-corrected chi connectivity index (χ4v) is 2.24. The number of carboxylic acid groups (broad SMARTS) is 1. The molecule has 1 atom stereocenters. The van der Waals surface area contributed by atoms with E-state index in [1.165, 1.54) is 17.4 Å². The average Bonchev–Trinajstić information content (AvgIpc) is 2.84. The number of hydrogen-bond acceptors (Lipinski definition) is 4. The Hall–Kier alpha value is -2.15. The summed E-state index contributed by atoms with van der Waals surface area (Å²) in [5.41, 5.74) is 0.512. The SMILES string of the molecule is CCNC(=O)C(C)NC(=O)c1sccc1C=CC(=O)O. The van der Waals surface area contributed by atoms with Gasteiger partial charge in [0.25, 0.3) is 5.91 Å². The minimum atomic E-state index is -1.08. The average molecular weight is 296 g/mol. The molecule has 0 saturated heterocycles. The molecule has 0 aliphatic carbocycles.